The van der Waals surface area contributed by atoms with Crippen LogP contribution in [0.2, 0.25) is 0 Å². The number of fused-ring (bicyclic) bond motifs is 3. The van der Waals surface area contributed by atoms with Gasteiger partial charge in [-0.1, -0.05) is 190 Å². The Balaban J connectivity index is 0.890. The van der Waals surface area contributed by atoms with Gasteiger partial charge in [0.2, 0.25) is 0 Å². The molecule has 0 N–H and O–H groups in total. The first-order chi connectivity index (χ1) is 30.0. The standard InChI is InChI=1S/C58H39N3/c1-58(2)51-34-44(26-29-48(51)49-30-27-46(35-52(49)58)57-60-55(39-12-5-3-6-13-39)59-56(61-57)40-14-7-4-8-15-40)42-19-10-18-41(32-42)43-20-11-21-45(33-43)47-28-24-38-23-22-36-16-9-17-37-25-31-50(47)54(38)53(36)37/h3-35H,1-2H3. The van der Waals surface area contributed by atoms with Crippen LogP contribution >= 0.6 is 0 Å². The second-order valence-corrected chi connectivity index (χ2v) is 16.8. The van der Waals surface area contributed by atoms with E-state index in [0.29, 0.717) is 17.5 Å². The van der Waals surface area contributed by atoms with Gasteiger partial charge in [-0.05, 0) is 112 Å². The molecule has 1 aliphatic rings. The minimum Gasteiger partial charge on any atom is -0.208 e. The Labute approximate surface area is 355 Å². The molecule has 0 unspecified atom stereocenters. The van der Waals surface area contributed by atoms with Gasteiger partial charge < -0.3 is 0 Å². The van der Waals surface area contributed by atoms with E-state index < -0.39 is 0 Å². The zero-order chi connectivity index (χ0) is 40.7. The van der Waals surface area contributed by atoms with Crippen molar-refractivity contribution in [3.05, 3.63) is 211 Å². The monoisotopic (exact) mass is 777 g/mol. The van der Waals surface area contributed by atoms with E-state index in [0.717, 1.165) is 16.7 Å². The third kappa shape index (κ3) is 5.77. The maximum Gasteiger partial charge on any atom is 0.164 e. The summed E-state index contributed by atoms with van der Waals surface area (Å²) in [4.78, 5) is 15.0. The van der Waals surface area contributed by atoms with Crippen LogP contribution in [0.4, 0.5) is 0 Å². The molecule has 0 aliphatic heterocycles. The Bertz CT molecular complexity index is 3420. The molecular weight excluding hydrogens is 739 g/mol. The first-order valence-corrected chi connectivity index (χ1v) is 21.0. The van der Waals surface area contributed by atoms with Gasteiger partial charge in [0.05, 0.1) is 0 Å². The Morgan fingerprint density at radius 2 is 0.705 bits per heavy atom. The van der Waals surface area contributed by atoms with Gasteiger partial charge in [-0.2, -0.15) is 0 Å². The first kappa shape index (κ1) is 35.2. The molecule has 11 aromatic rings. The van der Waals surface area contributed by atoms with Gasteiger partial charge in [0, 0.05) is 22.1 Å². The average molecular weight is 778 g/mol. The van der Waals surface area contributed by atoms with Gasteiger partial charge in [-0.3, -0.25) is 0 Å². The topological polar surface area (TPSA) is 38.7 Å². The molecule has 0 spiro atoms. The fraction of sp³-hybridized carbons (Fsp3) is 0.0517. The van der Waals surface area contributed by atoms with Gasteiger partial charge >= 0.3 is 0 Å². The van der Waals surface area contributed by atoms with Crippen molar-refractivity contribution in [1.29, 1.82) is 0 Å². The predicted molar refractivity (Wildman–Crippen MR) is 254 cm³/mol. The summed E-state index contributed by atoms with van der Waals surface area (Å²) in [6.07, 6.45) is 0. The Morgan fingerprint density at radius 3 is 1.31 bits per heavy atom. The van der Waals surface area contributed by atoms with Crippen LogP contribution in [0.5, 0.6) is 0 Å². The zero-order valence-corrected chi connectivity index (χ0v) is 33.9. The Hall–Kier alpha value is -7.75. The van der Waals surface area contributed by atoms with Crippen LogP contribution in [-0.2, 0) is 5.41 Å². The number of aromatic nitrogens is 3. The molecule has 286 valence electrons. The van der Waals surface area contributed by atoms with Crippen LogP contribution < -0.4 is 0 Å². The lowest BCUT2D eigenvalue weighted by molar-refractivity contribution is 0.661. The number of hydrogen-bond donors (Lipinski definition) is 0. The lowest BCUT2D eigenvalue weighted by Gasteiger charge is -2.22. The zero-order valence-electron chi connectivity index (χ0n) is 33.9. The van der Waals surface area contributed by atoms with Crippen molar-refractivity contribution in [3.8, 4) is 78.7 Å². The van der Waals surface area contributed by atoms with Gasteiger partial charge in [-0.15, -0.1) is 0 Å². The highest BCUT2D eigenvalue weighted by atomic mass is 15.0. The van der Waals surface area contributed by atoms with Crippen molar-refractivity contribution in [2.75, 3.05) is 0 Å². The van der Waals surface area contributed by atoms with Crippen LogP contribution in [0, 0.1) is 0 Å². The maximum atomic E-state index is 5.04. The molecule has 0 saturated carbocycles. The summed E-state index contributed by atoms with van der Waals surface area (Å²) >= 11 is 0. The van der Waals surface area contributed by atoms with Crippen LogP contribution in [0.15, 0.2) is 200 Å². The number of hydrogen-bond acceptors (Lipinski definition) is 3. The predicted octanol–water partition coefficient (Wildman–Crippen LogP) is 15.1. The molecule has 0 saturated heterocycles. The second-order valence-electron chi connectivity index (χ2n) is 16.8. The Morgan fingerprint density at radius 1 is 0.295 bits per heavy atom. The average Bonchev–Trinajstić information content (AvgIpc) is 3.55. The molecular formula is C58H39N3. The largest absolute Gasteiger partial charge is 0.208 e. The van der Waals surface area contributed by atoms with E-state index in [9.17, 15) is 0 Å². The molecule has 1 aromatic heterocycles. The van der Waals surface area contributed by atoms with Crippen LogP contribution in [0.25, 0.3) is 111 Å². The summed E-state index contributed by atoms with van der Waals surface area (Å²) in [5.74, 6) is 2.00. The minimum absolute atomic E-state index is 0.235. The van der Waals surface area contributed by atoms with Crippen molar-refractivity contribution in [2.24, 2.45) is 0 Å². The number of nitrogens with zero attached hydrogens (tertiary/aromatic N) is 3. The molecule has 61 heavy (non-hydrogen) atoms. The normalized spacial score (nSPS) is 12.9. The molecule has 3 heteroatoms. The van der Waals surface area contributed by atoms with E-state index in [-0.39, 0.29) is 5.41 Å². The van der Waals surface area contributed by atoms with Crippen molar-refractivity contribution in [1.82, 2.24) is 15.0 Å². The molecule has 3 nitrogen and oxygen atoms in total. The summed E-state index contributed by atoms with van der Waals surface area (Å²) in [6, 6.07) is 72.3. The molecule has 0 amide bonds. The third-order valence-electron chi connectivity index (χ3n) is 12.9. The lowest BCUT2D eigenvalue weighted by Crippen LogP contribution is -2.15. The molecule has 0 bridgehead atoms. The molecule has 0 radical (unpaired) electrons. The van der Waals surface area contributed by atoms with E-state index in [1.807, 2.05) is 36.4 Å². The highest BCUT2D eigenvalue weighted by Crippen LogP contribution is 2.51. The highest BCUT2D eigenvalue weighted by Gasteiger charge is 2.36. The quantitative estimate of drug-likeness (QED) is 0.158. The number of rotatable bonds is 6. The van der Waals surface area contributed by atoms with Gasteiger partial charge in [0.1, 0.15) is 0 Å². The fourth-order valence-corrected chi connectivity index (χ4v) is 9.73. The molecule has 1 heterocycles. The summed E-state index contributed by atoms with van der Waals surface area (Å²) in [5, 5.41) is 7.85. The van der Waals surface area contributed by atoms with Gasteiger partial charge in [0.15, 0.2) is 17.5 Å². The van der Waals surface area contributed by atoms with Crippen molar-refractivity contribution in [2.45, 2.75) is 19.3 Å². The van der Waals surface area contributed by atoms with E-state index >= 15 is 0 Å². The maximum absolute atomic E-state index is 5.04. The summed E-state index contributed by atoms with van der Waals surface area (Å²) < 4.78 is 0. The third-order valence-corrected chi connectivity index (χ3v) is 12.9. The van der Waals surface area contributed by atoms with Crippen LogP contribution in [-0.4, -0.2) is 15.0 Å². The van der Waals surface area contributed by atoms with E-state index in [1.54, 1.807) is 0 Å². The van der Waals surface area contributed by atoms with Gasteiger partial charge in [-0.25, -0.2) is 15.0 Å². The fourth-order valence-electron chi connectivity index (χ4n) is 9.73. The van der Waals surface area contributed by atoms with Crippen molar-refractivity contribution < 1.29 is 0 Å². The first-order valence-electron chi connectivity index (χ1n) is 21.0. The summed E-state index contributed by atoms with van der Waals surface area (Å²) in [7, 11) is 0. The molecule has 0 atom stereocenters. The van der Waals surface area contributed by atoms with Crippen molar-refractivity contribution >= 4 is 32.3 Å². The lowest BCUT2D eigenvalue weighted by atomic mass is 9.81. The second kappa shape index (κ2) is 13.7. The van der Waals surface area contributed by atoms with E-state index in [1.165, 1.54) is 88.0 Å². The van der Waals surface area contributed by atoms with Gasteiger partial charge in [0.25, 0.3) is 0 Å². The Kier molecular flexibility index (Phi) is 7.88. The smallest absolute Gasteiger partial charge is 0.164 e. The van der Waals surface area contributed by atoms with Crippen LogP contribution in [0.1, 0.15) is 25.0 Å². The molecule has 0 fully saturated rings. The number of benzene rings is 10. The van der Waals surface area contributed by atoms with Crippen molar-refractivity contribution in [3.63, 3.8) is 0 Å². The molecule has 12 rings (SSSR count). The summed E-state index contributed by atoms with van der Waals surface area (Å²) in [6.45, 7) is 4.68. The summed E-state index contributed by atoms with van der Waals surface area (Å²) in [5.41, 5.74) is 15.1. The SMILES string of the molecule is CC1(C)c2cc(-c3cccc(-c4cccc(-c5ccc6ccc7cccc8ccc5c6c78)c4)c3)ccc2-c2ccc(-c3nc(-c4ccccc4)nc(-c4ccccc4)n3)cc21. The highest BCUT2D eigenvalue weighted by molar-refractivity contribution is 6.25. The molecule has 10 aromatic carbocycles. The van der Waals surface area contributed by atoms with Crippen LogP contribution in [0.3, 0.4) is 0 Å². The van der Waals surface area contributed by atoms with E-state index in [2.05, 4.69) is 178 Å². The van der Waals surface area contributed by atoms with E-state index in [4.69, 9.17) is 15.0 Å². The minimum atomic E-state index is -0.235. The molecule has 1 aliphatic carbocycles.